The number of rotatable bonds is 1. The van der Waals surface area contributed by atoms with E-state index >= 15 is 0 Å². The summed E-state index contributed by atoms with van der Waals surface area (Å²) < 4.78 is 58.8. The molecule has 0 unspecified atom stereocenters. The summed E-state index contributed by atoms with van der Waals surface area (Å²) in [4.78, 5) is 2.00. The number of hydrogen-bond donors (Lipinski definition) is 0. The molecule has 0 aliphatic heterocycles. The van der Waals surface area contributed by atoms with Gasteiger partial charge in [0.15, 0.2) is 0 Å². The standard InChI is InChI=1S/C6H2Cl2F3NO2S/c7-5-4(15(8,13)14)3(1-2-12-5)6(9,10)11/h1-2H. The molecule has 0 bridgehead atoms. The third kappa shape index (κ3) is 2.73. The zero-order valence-corrected chi connectivity index (χ0v) is 9.04. The Morgan fingerprint density at radius 3 is 2.20 bits per heavy atom. The summed E-state index contributed by atoms with van der Waals surface area (Å²) in [5.41, 5.74) is -1.43. The van der Waals surface area contributed by atoms with Gasteiger partial charge in [-0.1, -0.05) is 11.6 Å². The van der Waals surface area contributed by atoms with Gasteiger partial charge in [0.1, 0.15) is 10.0 Å². The van der Waals surface area contributed by atoms with Gasteiger partial charge in [-0.05, 0) is 6.07 Å². The fourth-order valence-electron chi connectivity index (χ4n) is 0.878. The van der Waals surface area contributed by atoms with Crippen molar-refractivity contribution in [1.29, 1.82) is 0 Å². The van der Waals surface area contributed by atoms with Gasteiger partial charge >= 0.3 is 6.18 Å². The molecule has 1 aromatic rings. The van der Waals surface area contributed by atoms with Crippen molar-refractivity contribution >= 4 is 31.3 Å². The van der Waals surface area contributed by atoms with Crippen LogP contribution in [0.15, 0.2) is 17.2 Å². The van der Waals surface area contributed by atoms with E-state index in [1.54, 1.807) is 0 Å². The Morgan fingerprint density at radius 2 is 1.87 bits per heavy atom. The first-order valence-corrected chi connectivity index (χ1v) is 5.99. The van der Waals surface area contributed by atoms with Crippen LogP contribution in [-0.4, -0.2) is 13.4 Å². The molecule has 0 aromatic carbocycles. The lowest BCUT2D eigenvalue weighted by molar-refractivity contribution is -0.139. The number of halogens is 5. The zero-order valence-electron chi connectivity index (χ0n) is 6.72. The van der Waals surface area contributed by atoms with E-state index in [0.29, 0.717) is 6.07 Å². The van der Waals surface area contributed by atoms with E-state index in [4.69, 9.17) is 22.3 Å². The molecule has 84 valence electrons. The molecule has 0 aliphatic carbocycles. The molecule has 0 fully saturated rings. The molecular weight excluding hydrogens is 278 g/mol. The molecule has 0 amide bonds. The van der Waals surface area contributed by atoms with Crippen molar-refractivity contribution in [3.8, 4) is 0 Å². The van der Waals surface area contributed by atoms with Crippen molar-refractivity contribution < 1.29 is 21.6 Å². The Balaban J connectivity index is 3.63. The van der Waals surface area contributed by atoms with Crippen LogP contribution in [0.3, 0.4) is 0 Å². The van der Waals surface area contributed by atoms with Crippen LogP contribution in [-0.2, 0) is 15.2 Å². The minimum atomic E-state index is -4.86. The highest BCUT2D eigenvalue weighted by atomic mass is 35.7. The Hall–Kier alpha value is -0.530. The molecule has 0 atom stereocenters. The molecule has 3 nitrogen and oxygen atoms in total. The quantitative estimate of drug-likeness (QED) is 0.587. The van der Waals surface area contributed by atoms with Crippen LogP contribution in [0.4, 0.5) is 13.2 Å². The van der Waals surface area contributed by atoms with Crippen molar-refractivity contribution in [3.63, 3.8) is 0 Å². The number of hydrogen-bond acceptors (Lipinski definition) is 3. The maximum absolute atomic E-state index is 12.3. The van der Waals surface area contributed by atoms with E-state index in [0.717, 1.165) is 6.20 Å². The Morgan fingerprint density at radius 1 is 1.33 bits per heavy atom. The highest BCUT2D eigenvalue weighted by Crippen LogP contribution is 2.37. The summed E-state index contributed by atoms with van der Waals surface area (Å²) in [6.07, 6.45) is -4.11. The number of pyridine rings is 1. The van der Waals surface area contributed by atoms with Crippen LogP contribution >= 0.6 is 22.3 Å². The smallest absolute Gasteiger partial charge is 0.243 e. The number of alkyl halides is 3. The van der Waals surface area contributed by atoms with Gasteiger partial charge in [-0.2, -0.15) is 13.2 Å². The molecule has 1 rings (SSSR count). The molecule has 0 saturated carbocycles. The van der Waals surface area contributed by atoms with E-state index in [1.165, 1.54) is 0 Å². The SMILES string of the molecule is O=S(=O)(Cl)c1c(C(F)(F)F)ccnc1Cl. The van der Waals surface area contributed by atoms with Gasteiger partial charge in [-0.25, -0.2) is 13.4 Å². The minimum absolute atomic E-state index is 0.487. The van der Waals surface area contributed by atoms with E-state index < -0.39 is 30.8 Å². The largest absolute Gasteiger partial charge is 0.417 e. The van der Waals surface area contributed by atoms with Gasteiger partial charge in [-0.15, -0.1) is 0 Å². The predicted octanol–water partition coefficient (Wildman–Crippen LogP) is 2.68. The molecule has 0 spiro atoms. The number of nitrogens with zero attached hydrogens (tertiary/aromatic N) is 1. The van der Waals surface area contributed by atoms with Crippen molar-refractivity contribution in [2.24, 2.45) is 0 Å². The molecule has 0 radical (unpaired) electrons. The monoisotopic (exact) mass is 279 g/mol. The average molecular weight is 280 g/mol. The second-order valence-electron chi connectivity index (χ2n) is 2.41. The van der Waals surface area contributed by atoms with Gasteiger partial charge < -0.3 is 0 Å². The summed E-state index contributed by atoms with van der Waals surface area (Å²) in [5.74, 6) is 0. The molecule has 0 aliphatic rings. The lowest BCUT2D eigenvalue weighted by atomic mass is 10.2. The van der Waals surface area contributed by atoms with Crippen LogP contribution in [0, 0.1) is 0 Å². The highest BCUT2D eigenvalue weighted by molar-refractivity contribution is 8.13. The summed E-state index contributed by atoms with van der Waals surface area (Å²) in [6, 6.07) is 0.487. The van der Waals surface area contributed by atoms with Crippen LogP contribution in [0.2, 0.25) is 5.15 Å². The topological polar surface area (TPSA) is 47.0 Å². The second-order valence-corrected chi connectivity index (χ2v) is 5.27. The van der Waals surface area contributed by atoms with Crippen molar-refractivity contribution in [3.05, 3.63) is 23.0 Å². The maximum atomic E-state index is 12.3. The van der Waals surface area contributed by atoms with Gasteiger partial charge in [0.2, 0.25) is 0 Å². The lowest BCUT2D eigenvalue weighted by Gasteiger charge is -2.10. The molecule has 0 saturated heterocycles. The summed E-state index contributed by atoms with van der Waals surface area (Å²) in [5, 5.41) is -0.806. The van der Waals surface area contributed by atoms with Crippen molar-refractivity contribution in [1.82, 2.24) is 4.98 Å². The summed E-state index contributed by atoms with van der Waals surface area (Å²) in [7, 11) is 0.233. The number of aromatic nitrogens is 1. The van der Waals surface area contributed by atoms with Gasteiger partial charge in [-0.3, -0.25) is 0 Å². The first-order valence-electron chi connectivity index (χ1n) is 3.30. The molecule has 15 heavy (non-hydrogen) atoms. The molecule has 1 heterocycles. The van der Waals surface area contributed by atoms with Crippen LogP contribution in [0.1, 0.15) is 5.56 Å². The fourth-order valence-corrected chi connectivity index (χ4v) is 2.63. The third-order valence-electron chi connectivity index (χ3n) is 1.41. The molecule has 1 aromatic heterocycles. The van der Waals surface area contributed by atoms with Gasteiger partial charge in [0.05, 0.1) is 5.56 Å². The van der Waals surface area contributed by atoms with E-state index in [9.17, 15) is 21.6 Å². The van der Waals surface area contributed by atoms with E-state index in [1.807, 2.05) is 0 Å². The zero-order chi connectivity index (χ0) is 11.9. The Kier molecular flexibility index (Phi) is 3.18. The molecular formula is C6H2Cl2F3NO2S. The first-order chi connectivity index (χ1) is 6.64. The van der Waals surface area contributed by atoms with E-state index in [-0.39, 0.29) is 0 Å². The summed E-state index contributed by atoms with van der Waals surface area (Å²) >= 11 is 5.25. The predicted molar refractivity (Wildman–Crippen MR) is 47.3 cm³/mol. The average Bonchev–Trinajstić information content (AvgIpc) is 1.99. The first kappa shape index (κ1) is 12.5. The Bertz CT molecular complexity index is 486. The van der Waals surface area contributed by atoms with Gasteiger partial charge in [0.25, 0.3) is 9.05 Å². The lowest BCUT2D eigenvalue weighted by Crippen LogP contribution is -2.11. The van der Waals surface area contributed by atoms with Crippen LogP contribution in [0.25, 0.3) is 0 Å². The minimum Gasteiger partial charge on any atom is -0.243 e. The highest BCUT2D eigenvalue weighted by Gasteiger charge is 2.38. The molecule has 0 N–H and O–H groups in total. The van der Waals surface area contributed by atoms with Gasteiger partial charge in [0, 0.05) is 16.9 Å². The molecule has 9 heteroatoms. The fraction of sp³-hybridized carbons (Fsp3) is 0.167. The second kappa shape index (κ2) is 3.80. The third-order valence-corrected chi connectivity index (χ3v) is 3.17. The van der Waals surface area contributed by atoms with Crippen molar-refractivity contribution in [2.75, 3.05) is 0 Å². The van der Waals surface area contributed by atoms with Crippen LogP contribution in [0.5, 0.6) is 0 Å². The summed E-state index contributed by atoms with van der Waals surface area (Å²) in [6.45, 7) is 0. The normalized spacial score (nSPS) is 12.9. The Labute approximate surface area is 92.2 Å². The van der Waals surface area contributed by atoms with E-state index in [2.05, 4.69) is 4.98 Å². The van der Waals surface area contributed by atoms with Crippen LogP contribution < -0.4 is 0 Å². The maximum Gasteiger partial charge on any atom is 0.417 e. The van der Waals surface area contributed by atoms with Crippen molar-refractivity contribution in [2.45, 2.75) is 11.1 Å².